The Bertz CT molecular complexity index is 594. The van der Waals surface area contributed by atoms with Gasteiger partial charge in [-0.05, 0) is 50.5 Å². The second-order valence-corrected chi connectivity index (χ2v) is 5.64. The third-order valence-electron chi connectivity index (χ3n) is 3.42. The van der Waals surface area contributed by atoms with E-state index < -0.39 is 5.38 Å². The Kier molecular flexibility index (Phi) is 3.96. The summed E-state index contributed by atoms with van der Waals surface area (Å²) in [5, 5.41) is -0.444. The van der Waals surface area contributed by atoms with Crippen molar-refractivity contribution < 1.29 is 4.39 Å². The summed E-state index contributed by atoms with van der Waals surface area (Å²) in [6.45, 7) is 8.05. The molecular formula is C17H18ClF. The zero-order valence-corrected chi connectivity index (χ0v) is 12.5. The van der Waals surface area contributed by atoms with Gasteiger partial charge in [0, 0.05) is 5.56 Å². The van der Waals surface area contributed by atoms with Crippen molar-refractivity contribution in [1.29, 1.82) is 0 Å². The SMILES string of the molecule is Cc1cc(C)c(C(Cl)c2cc(C)ccc2F)c(C)c1. The minimum atomic E-state index is -0.444. The molecule has 0 N–H and O–H groups in total. The van der Waals surface area contributed by atoms with Crippen LogP contribution in [0.3, 0.4) is 0 Å². The highest BCUT2D eigenvalue weighted by atomic mass is 35.5. The summed E-state index contributed by atoms with van der Waals surface area (Å²) in [7, 11) is 0. The topological polar surface area (TPSA) is 0 Å². The molecule has 0 aliphatic heterocycles. The van der Waals surface area contributed by atoms with Crippen molar-refractivity contribution in [2.75, 3.05) is 0 Å². The molecule has 2 rings (SSSR count). The van der Waals surface area contributed by atoms with Crippen LogP contribution in [0.4, 0.5) is 4.39 Å². The van der Waals surface area contributed by atoms with E-state index in [-0.39, 0.29) is 5.82 Å². The molecule has 1 unspecified atom stereocenters. The average molecular weight is 277 g/mol. The number of alkyl halides is 1. The second-order valence-electron chi connectivity index (χ2n) is 5.20. The molecule has 0 nitrogen and oxygen atoms in total. The van der Waals surface area contributed by atoms with Gasteiger partial charge in [-0.2, -0.15) is 0 Å². The number of halogens is 2. The molecule has 0 saturated heterocycles. The maximum Gasteiger partial charge on any atom is 0.128 e. The van der Waals surface area contributed by atoms with Gasteiger partial charge in [0.05, 0.1) is 5.38 Å². The molecule has 0 radical (unpaired) electrons. The van der Waals surface area contributed by atoms with Gasteiger partial charge in [-0.1, -0.05) is 35.4 Å². The summed E-state index contributed by atoms with van der Waals surface area (Å²) >= 11 is 6.53. The van der Waals surface area contributed by atoms with E-state index in [2.05, 4.69) is 19.1 Å². The van der Waals surface area contributed by atoms with Gasteiger partial charge in [-0.3, -0.25) is 0 Å². The van der Waals surface area contributed by atoms with Crippen molar-refractivity contribution in [3.63, 3.8) is 0 Å². The summed E-state index contributed by atoms with van der Waals surface area (Å²) in [5.41, 5.74) is 6.00. The number of benzene rings is 2. The molecule has 0 saturated carbocycles. The van der Waals surface area contributed by atoms with Crippen molar-refractivity contribution in [3.8, 4) is 0 Å². The van der Waals surface area contributed by atoms with E-state index in [0.29, 0.717) is 5.56 Å². The Balaban J connectivity index is 2.56. The highest BCUT2D eigenvalue weighted by molar-refractivity contribution is 6.22. The van der Waals surface area contributed by atoms with E-state index in [1.54, 1.807) is 6.07 Å². The normalized spacial score (nSPS) is 12.5. The van der Waals surface area contributed by atoms with Crippen LogP contribution in [0, 0.1) is 33.5 Å². The monoisotopic (exact) mass is 276 g/mol. The Morgan fingerprint density at radius 2 is 1.47 bits per heavy atom. The number of hydrogen-bond acceptors (Lipinski definition) is 0. The third-order valence-corrected chi connectivity index (χ3v) is 3.87. The van der Waals surface area contributed by atoms with Gasteiger partial charge in [-0.15, -0.1) is 11.6 Å². The van der Waals surface area contributed by atoms with Gasteiger partial charge in [0.15, 0.2) is 0 Å². The standard InChI is InChI=1S/C17H18ClF/c1-10-5-6-15(19)14(9-10)17(18)16-12(3)7-11(2)8-13(16)4/h5-9,17H,1-4H3. The maximum absolute atomic E-state index is 14.0. The molecule has 0 heterocycles. The van der Waals surface area contributed by atoms with Crippen molar-refractivity contribution >= 4 is 11.6 Å². The lowest BCUT2D eigenvalue weighted by Gasteiger charge is -2.18. The van der Waals surface area contributed by atoms with Crippen molar-refractivity contribution in [1.82, 2.24) is 0 Å². The smallest absolute Gasteiger partial charge is 0.128 e. The van der Waals surface area contributed by atoms with Crippen LogP contribution in [-0.4, -0.2) is 0 Å². The van der Waals surface area contributed by atoms with Crippen LogP contribution in [-0.2, 0) is 0 Å². The lowest BCUT2D eigenvalue weighted by molar-refractivity contribution is 0.611. The molecule has 1 atom stereocenters. The van der Waals surface area contributed by atoms with Crippen molar-refractivity contribution in [2.24, 2.45) is 0 Å². The number of aryl methyl sites for hydroxylation is 4. The van der Waals surface area contributed by atoms with E-state index >= 15 is 0 Å². The van der Waals surface area contributed by atoms with Gasteiger partial charge in [-0.25, -0.2) is 4.39 Å². The Hall–Kier alpha value is -1.34. The fourth-order valence-electron chi connectivity index (χ4n) is 2.60. The van der Waals surface area contributed by atoms with Crippen molar-refractivity contribution in [2.45, 2.75) is 33.1 Å². The molecule has 2 aromatic carbocycles. The number of hydrogen-bond donors (Lipinski definition) is 0. The summed E-state index contributed by atoms with van der Waals surface area (Å²) in [6, 6.07) is 9.25. The molecule has 2 heteroatoms. The minimum Gasteiger partial charge on any atom is -0.207 e. The van der Waals surface area contributed by atoms with Crippen LogP contribution >= 0.6 is 11.6 Å². The largest absolute Gasteiger partial charge is 0.207 e. The fraction of sp³-hybridized carbons (Fsp3) is 0.294. The summed E-state index contributed by atoms with van der Waals surface area (Å²) in [4.78, 5) is 0. The molecule has 0 bridgehead atoms. The molecule has 19 heavy (non-hydrogen) atoms. The highest BCUT2D eigenvalue weighted by Crippen LogP contribution is 2.35. The van der Waals surface area contributed by atoms with Gasteiger partial charge < -0.3 is 0 Å². The fourth-order valence-corrected chi connectivity index (χ4v) is 3.12. The third kappa shape index (κ3) is 2.82. The molecule has 0 spiro atoms. The highest BCUT2D eigenvalue weighted by Gasteiger charge is 2.19. The van der Waals surface area contributed by atoms with Crippen LogP contribution in [0.5, 0.6) is 0 Å². The van der Waals surface area contributed by atoms with Gasteiger partial charge >= 0.3 is 0 Å². The van der Waals surface area contributed by atoms with E-state index in [4.69, 9.17) is 11.6 Å². The van der Waals surface area contributed by atoms with E-state index in [1.807, 2.05) is 26.8 Å². The zero-order valence-electron chi connectivity index (χ0n) is 11.7. The van der Waals surface area contributed by atoms with Gasteiger partial charge in [0.25, 0.3) is 0 Å². The summed E-state index contributed by atoms with van der Waals surface area (Å²) < 4.78 is 14.0. The van der Waals surface area contributed by atoms with Crippen LogP contribution in [0.15, 0.2) is 30.3 Å². The maximum atomic E-state index is 14.0. The van der Waals surface area contributed by atoms with E-state index in [9.17, 15) is 4.39 Å². The molecule has 0 aliphatic carbocycles. The minimum absolute atomic E-state index is 0.245. The second kappa shape index (κ2) is 5.34. The molecular weight excluding hydrogens is 259 g/mol. The van der Waals surface area contributed by atoms with E-state index in [0.717, 1.165) is 22.3 Å². The van der Waals surface area contributed by atoms with Gasteiger partial charge in [0.2, 0.25) is 0 Å². The molecule has 0 aliphatic rings. The average Bonchev–Trinajstić information content (AvgIpc) is 2.30. The number of rotatable bonds is 2. The zero-order chi connectivity index (χ0) is 14.2. The first-order valence-electron chi connectivity index (χ1n) is 6.38. The molecule has 0 amide bonds. The molecule has 0 aromatic heterocycles. The van der Waals surface area contributed by atoms with Gasteiger partial charge in [0.1, 0.15) is 5.82 Å². The first-order valence-corrected chi connectivity index (χ1v) is 6.81. The quantitative estimate of drug-likeness (QED) is 0.645. The molecule has 100 valence electrons. The molecule has 0 fully saturated rings. The predicted molar refractivity (Wildman–Crippen MR) is 79.5 cm³/mol. The summed E-state index contributed by atoms with van der Waals surface area (Å²) in [5.74, 6) is -0.245. The lowest BCUT2D eigenvalue weighted by Crippen LogP contribution is -2.03. The van der Waals surface area contributed by atoms with Crippen LogP contribution in [0.25, 0.3) is 0 Å². The lowest BCUT2D eigenvalue weighted by atomic mass is 9.93. The van der Waals surface area contributed by atoms with Crippen molar-refractivity contribution in [3.05, 3.63) is 69.5 Å². The summed E-state index contributed by atoms with van der Waals surface area (Å²) in [6.07, 6.45) is 0. The first-order chi connectivity index (χ1) is 8.90. The Morgan fingerprint density at radius 1 is 0.895 bits per heavy atom. The van der Waals surface area contributed by atoms with Crippen LogP contribution in [0.2, 0.25) is 0 Å². The molecule has 2 aromatic rings. The van der Waals surface area contributed by atoms with E-state index in [1.165, 1.54) is 11.6 Å². The van der Waals surface area contributed by atoms with Crippen LogP contribution < -0.4 is 0 Å². The predicted octanol–water partition coefficient (Wildman–Crippen LogP) is 5.39. The Morgan fingerprint density at radius 3 is 2.05 bits per heavy atom. The first kappa shape index (κ1) is 14.1. The van der Waals surface area contributed by atoms with Crippen LogP contribution in [0.1, 0.15) is 38.8 Å². The Labute approximate surface area is 119 Å².